The van der Waals surface area contributed by atoms with Crippen molar-refractivity contribution in [3.63, 3.8) is 0 Å². The quantitative estimate of drug-likeness (QED) is 0.572. The maximum absolute atomic E-state index is 13.2. The second-order valence-electron chi connectivity index (χ2n) is 6.68. The average molecular weight is 398 g/mol. The standard InChI is InChI=1S/C21H17ClFN3O2/c1-25-11-15(20(27)24-10-12-7-8-13(23)9-16(12)22)18-14-5-3-4-6-17(14)26(2)19(18)21(25)28/h3-9,11H,10H2,1-2H3,(H,24,27). The third kappa shape index (κ3) is 2.86. The molecule has 0 fully saturated rings. The van der Waals surface area contributed by atoms with E-state index in [1.807, 2.05) is 31.3 Å². The summed E-state index contributed by atoms with van der Waals surface area (Å²) in [4.78, 5) is 25.7. The minimum Gasteiger partial charge on any atom is -0.348 e. The number of pyridine rings is 1. The van der Waals surface area contributed by atoms with E-state index in [0.29, 0.717) is 22.0 Å². The van der Waals surface area contributed by atoms with E-state index in [2.05, 4.69) is 5.32 Å². The van der Waals surface area contributed by atoms with Crippen LogP contribution in [0.4, 0.5) is 4.39 Å². The molecule has 0 aliphatic rings. The van der Waals surface area contributed by atoms with Gasteiger partial charge in [-0.3, -0.25) is 9.59 Å². The zero-order chi connectivity index (χ0) is 20.0. The first kappa shape index (κ1) is 18.3. The highest BCUT2D eigenvalue weighted by molar-refractivity contribution is 6.31. The molecular weight excluding hydrogens is 381 g/mol. The Morgan fingerprint density at radius 3 is 2.68 bits per heavy atom. The summed E-state index contributed by atoms with van der Waals surface area (Å²) in [6, 6.07) is 11.6. The molecule has 0 aliphatic heterocycles. The van der Waals surface area contributed by atoms with Crippen LogP contribution in [0.5, 0.6) is 0 Å². The van der Waals surface area contributed by atoms with Crippen molar-refractivity contribution >= 4 is 39.3 Å². The molecule has 4 rings (SSSR count). The minimum atomic E-state index is -0.435. The lowest BCUT2D eigenvalue weighted by Gasteiger charge is -2.10. The number of rotatable bonds is 3. The summed E-state index contributed by atoms with van der Waals surface area (Å²) in [6.07, 6.45) is 1.54. The third-order valence-corrected chi connectivity index (χ3v) is 5.27. The molecule has 0 atom stereocenters. The van der Waals surface area contributed by atoms with Gasteiger partial charge in [0.2, 0.25) is 0 Å². The summed E-state index contributed by atoms with van der Waals surface area (Å²) in [7, 11) is 3.43. The Hall–Kier alpha value is -3.12. The molecule has 4 aromatic rings. The van der Waals surface area contributed by atoms with Gasteiger partial charge in [-0.2, -0.15) is 0 Å². The molecule has 0 unspecified atom stereocenters. The van der Waals surface area contributed by atoms with E-state index in [-0.39, 0.29) is 23.0 Å². The normalized spacial score (nSPS) is 11.3. The van der Waals surface area contributed by atoms with Gasteiger partial charge < -0.3 is 14.5 Å². The number of hydrogen-bond acceptors (Lipinski definition) is 2. The number of hydrogen-bond donors (Lipinski definition) is 1. The lowest BCUT2D eigenvalue weighted by molar-refractivity contribution is 0.0952. The Bertz CT molecular complexity index is 1310. The highest BCUT2D eigenvalue weighted by Crippen LogP contribution is 2.28. The summed E-state index contributed by atoms with van der Waals surface area (Å²) < 4.78 is 16.4. The topological polar surface area (TPSA) is 56.0 Å². The van der Waals surface area contributed by atoms with E-state index in [0.717, 1.165) is 10.9 Å². The highest BCUT2D eigenvalue weighted by Gasteiger charge is 2.20. The molecule has 7 heteroatoms. The summed E-state index contributed by atoms with van der Waals surface area (Å²) in [5.74, 6) is -0.770. The molecule has 2 heterocycles. The zero-order valence-electron chi connectivity index (χ0n) is 15.3. The third-order valence-electron chi connectivity index (χ3n) is 4.92. The van der Waals surface area contributed by atoms with Gasteiger partial charge in [-0.25, -0.2) is 4.39 Å². The fourth-order valence-electron chi connectivity index (χ4n) is 3.51. The molecule has 2 aromatic heterocycles. The number of carbonyl (C=O) groups is 1. The van der Waals surface area contributed by atoms with Gasteiger partial charge in [0, 0.05) is 48.1 Å². The average Bonchev–Trinajstić information content (AvgIpc) is 2.97. The number of nitrogens with one attached hydrogen (secondary N) is 1. The molecule has 0 bridgehead atoms. The number of fused-ring (bicyclic) bond motifs is 3. The summed E-state index contributed by atoms with van der Waals surface area (Å²) in [5.41, 5.74) is 2.17. The number of nitrogens with zero attached hydrogens (tertiary/aromatic N) is 2. The maximum atomic E-state index is 13.2. The molecule has 0 spiro atoms. The number of carbonyl (C=O) groups excluding carboxylic acids is 1. The molecular formula is C21H17ClFN3O2. The number of aryl methyl sites for hydroxylation is 2. The molecule has 1 N–H and O–H groups in total. The predicted octanol–water partition coefficient (Wildman–Crippen LogP) is 3.75. The van der Waals surface area contributed by atoms with Crippen LogP contribution in [-0.4, -0.2) is 15.0 Å². The van der Waals surface area contributed by atoms with Crippen LogP contribution in [0.25, 0.3) is 21.8 Å². The van der Waals surface area contributed by atoms with E-state index in [4.69, 9.17) is 11.6 Å². The predicted molar refractivity (Wildman–Crippen MR) is 108 cm³/mol. The van der Waals surface area contributed by atoms with Crippen molar-refractivity contribution in [1.82, 2.24) is 14.5 Å². The Kier molecular flexibility index (Phi) is 4.43. The molecule has 5 nitrogen and oxygen atoms in total. The molecule has 0 aliphatic carbocycles. The van der Waals surface area contributed by atoms with Crippen LogP contribution < -0.4 is 10.9 Å². The lowest BCUT2D eigenvalue weighted by atomic mass is 10.1. The van der Waals surface area contributed by atoms with Crippen molar-refractivity contribution in [1.29, 1.82) is 0 Å². The van der Waals surface area contributed by atoms with Crippen molar-refractivity contribution in [2.75, 3.05) is 0 Å². The Labute approximate surface area is 165 Å². The first-order valence-electron chi connectivity index (χ1n) is 8.67. The number of amides is 1. The van der Waals surface area contributed by atoms with Gasteiger partial charge in [-0.15, -0.1) is 0 Å². The van der Waals surface area contributed by atoms with Crippen LogP contribution in [0.2, 0.25) is 5.02 Å². The molecule has 0 saturated heterocycles. The van der Waals surface area contributed by atoms with Crippen molar-refractivity contribution in [2.24, 2.45) is 14.1 Å². The first-order chi connectivity index (χ1) is 13.4. The van der Waals surface area contributed by atoms with Crippen LogP contribution in [0.1, 0.15) is 15.9 Å². The minimum absolute atomic E-state index is 0.146. The largest absolute Gasteiger partial charge is 0.348 e. The van der Waals surface area contributed by atoms with E-state index in [9.17, 15) is 14.0 Å². The van der Waals surface area contributed by atoms with E-state index in [1.54, 1.807) is 17.8 Å². The summed E-state index contributed by atoms with van der Waals surface area (Å²) in [6.45, 7) is 0.146. The van der Waals surface area contributed by atoms with E-state index < -0.39 is 5.82 Å². The summed E-state index contributed by atoms with van der Waals surface area (Å²) in [5, 5.41) is 4.51. The van der Waals surface area contributed by atoms with Crippen molar-refractivity contribution in [3.05, 3.63) is 81.0 Å². The van der Waals surface area contributed by atoms with Crippen molar-refractivity contribution in [2.45, 2.75) is 6.54 Å². The Morgan fingerprint density at radius 1 is 1.18 bits per heavy atom. The van der Waals surface area contributed by atoms with E-state index >= 15 is 0 Å². The van der Waals surface area contributed by atoms with Crippen LogP contribution in [0, 0.1) is 5.82 Å². The van der Waals surface area contributed by atoms with Gasteiger partial charge in [0.05, 0.1) is 5.56 Å². The number of halogens is 2. The van der Waals surface area contributed by atoms with Gasteiger partial charge >= 0.3 is 0 Å². The van der Waals surface area contributed by atoms with Crippen LogP contribution in [0.15, 0.2) is 53.5 Å². The smallest absolute Gasteiger partial charge is 0.274 e. The molecule has 2 aromatic carbocycles. The zero-order valence-corrected chi connectivity index (χ0v) is 16.0. The fourth-order valence-corrected chi connectivity index (χ4v) is 3.74. The summed E-state index contributed by atoms with van der Waals surface area (Å²) >= 11 is 6.04. The molecule has 1 amide bonds. The monoisotopic (exact) mass is 397 g/mol. The van der Waals surface area contributed by atoms with Gasteiger partial charge in [0.25, 0.3) is 11.5 Å². The highest BCUT2D eigenvalue weighted by atomic mass is 35.5. The second kappa shape index (κ2) is 6.80. The van der Waals surface area contributed by atoms with Crippen LogP contribution in [-0.2, 0) is 20.6 Å². The number of para-hydroxylation sites is 1. The Morgan fingerprint density at radius 2 is 1.93 bits per heavy atom. The molecule has 0 saturated carbocycles. The molecule has 28 heavy (non-hydrogen) atoms. The number of aromatic nitrogens is 2. The molecule has 0 radical (unpaired) electrons. The van der Waals surface area contributed by atoms with Crippen molar-refractivity contribution in [3.8, 4) is 0 Å². The lowest BCUT2D eigenvalue weighted by Crippen LogP contribution is -2.27. The SMILES string of the molecule is Cn1cc(C(=O)NCc2ccc(F)cc2Cl)c2c3ccccc3n(C)c2c1=O. The number of benzene rings is 2. The van der Waals surface area contributed by atoms with Gasteiger partial charge in [0.15, 0.2) is 0 Å². The first-order valence-corrected chi connectivity index (χ1v) is 9.05. The van der Waals surface area contributed by atoms with Gasteiger partial charge in [-0.05, 0) is 23.8 Å². The van der Waals surface area contributed by atoms with Crippen LogP contribution in [0.3, 0.4) is 0 Å². The van der Waals surface area contributed by atoms with Gasteiger partial charge in [-0.1, -0.05) is 35.9 Å². The van der Waals surface area contributed by atoms with Gasteiger partial charge in [0.1, 0.15) is 11.3 Å². The fraction of sp³-hybridized carbons (Fsp3) is 0.143. The van der Waals surface area contributed by atoms with E-state index in [1.165, 1.54) is 22.8 Å². The Balaban J connectivity index is 1.82. The maximum Gasteiger partial charge on any atom is 0.274 e. The van der Waals surface area contributed by atoms with Crippen molar-refractivity contribution < 1.29 is 9.18 Å². The molecule has 142 valence electrons. The second-order valence-corrected chi connectivity index (χ2v) is 7.08. The van der Waals surface area contributed by atoms with Crippen LogP contribution >= 0.6 is 11.6 Å².